The second kappa shape index (κ2) is 4.46. The SMILES string of the molecule is [CH2-]C1CCNCC1.[Zn]. The van der Waals surface area contributed by atoms with E-state index in [-0.39, 0.29) is 19.5 Å². The minimum Gasteiger partial charge on any atom is -0.340 e. The van der Waals surface area contributed by atoms with Gasteiger partial charge in [-0.05, 0) is 13.1 Å². The Morgan fingerprint density at radius 1 is 1.25 bits per heavy atom. The van der Waals surface area contributed by atoms with Crippen LogP contribution in [0.1, 0.15) is 12.8 Å². The van der Waals surface area contributed by atoms with Gasteiger partial charge in [0, 0.05) is 19.5 Å². The standard InChI is InChI=1S/C6H12N.Zn/c1-6-2-4-7-5-3-6;/h6-7H,1-5H2;/q-1;. The van der Waals surface area contributed by atoms with Crippen LogP contribution in [0.4, 0.5) is 0 Å². The minimum atomic E-state index is 0. The fraction of sp³-hybridized carbons (Fsp3) is 0.833. The average Bonchev–Trinajstić information content (AvgIpc) is 1.69. The molecule has 0 aromatic rings. The van der Waals surface area contributed by atoms with Gasteiger partial charge in [-0.3, -0.25) is 0 Å². The Balaban J connectivity index is 0.000000490. The summed E-state index contributed by atoms with van der Waals surface area (Å²) in [6, 6.07) is 0. The summed E-state index contributed by atoms with van der Waals surface area (Å²) < 4.78 is 0. The maximum absolute atomic E-state index is 3.96. The Morgan fingerprint density at radius 2 is 1.75 bits per heavy atom. The summed E-state index contributed by atoms with van der Waals surface area (Å²) in [5.41, 5.74) is 0. The van der Waals surface area contributed by atoms with E-state index >= 15 is 0 Å². The molecule has 8 heavy (non-hydrogen) atoms. The number of nitrogens with one attached hydrogen (secondary N) is 1. The van der Waals surface area contributed by atoms with Gasteiger partial charge in [0.2, 0.25) is 0 Å². The van der Waals surface area contributed by atoms with Gasteiger partial charge in [-0.2, -0.15) is 5.92 Å². The maximum Gasteiger partial charge on any atom is 0 e. The zero-order valence-electron chi connectivity index (χ0n) is 5.32. The van der Waals surface area contributed by atoms with Gasteiger partial charge in [-0.15, -0.1) is 0 Å². The fourth-order valence-corrected chi connectivity index (χ4v) is 0.882. The molecule has 1 nitrogen and oxygen atoms in total. The number of piperidine rings is 1. The topological polar surface area (TPSA) is 12.0 Å². The third kappa shape index (κ3) is 2.79. The van der Waals surface area contributed by atoms with Gasteiger partial charge in [-0.1, -0.05) is 12.8 Å². The van der Waals surface area contributed by atoms with Crippen LogP contribution in [0.5, 0.6) is 0 Å². The predicted octanol–water partition coefficient (Wildman–Crippen LogP) is 0.818. The summed E-state index contributed by atoms with van der Waals surface area (Å²) in [5, 5.41) is 3.28. The van der Waals surface area contributed by atoms with Gasteiger partial charge in [0.1, 0.15) is 0 Å². The van der Waals surface area contributed by atoms with Gasteiger partial charge in [0.25, 0.3) is 0 Å². The molecule has 1 heterocycles. The predicted molar refractivity (Wildman–Crippen MR) is 31.0 cm³/mol. The molecule has 0 bridgehead atoms. The fourth-order valence-electron chi connectivity index (χ4n) is 0.882. The molecule has 1 saturated heterocycles. The second-order valence-corrected chi connectivity index (χ2v) is 2.19. The van der Waals surface area contributed by atoms with E-state index in [1.807, 2.05) is 0 Å². The van der Waals surface area contributed by atoms with Crippen LogP contribution in [0.15, 0.2) is 0 Å². The Kier molecular flexibility index (Phi) is 4.79. The van der Waals surface area contributed by atoms with Crippen LogP contribution < -0.4 is 5.32 Å². The van der Waals surface area contributed by atoms with E-state index < -0.39 is 0 Å². The van der Waals surface area contributed by atoms with Crippen molar-refractivity contribution in [3.8, 4) is 0 Å². The monoisotopic (exact) mass is 162 g/mol. The second-order valence-electron chi connectivity index (χ2n) is 2.19. The third-order valence-corrected chi connectivity index (χ3v) is 1.46. The minimum absolute atomic E-state index is 0. The van der Waals surface area contributed by atoms with Crippen LogP contribution in [-0.4, -0.2) is 13.1 Å². The first-order chi connectivity index (χ1) is 3.39. The van der Waals surface area contributed by atoms with Crippen LogP contribution in [-0.2, 0) is 19.5 Å². The van der Waals surface area contributed by atoms with Crippen LogP contribution in [0.3, 0.4) is 0 Å². The van der Waals surface area contributed by atoms with E-state index in [1.165, 1.54) is 25.9 Å². The molecule has 0 aromatic carbocycles. The molecular weight excluding hydrogens is 151 g/mol. The summed E-state index contributed by atoms with van der Waals surface area (Å²) in [6.07, 6.45) is 2.53. The summed E-state index contributed by atoms with van der Waals surface area (Å²) in [6.45, 7) is 6.31. The van der Waals surface area contributed by atoms with Crippen LogP contribution in [0, 0.1) is 12.8 Å². The van der Waals surface area contributed by atoms with Crippen molar-refractivity contribution in [1.82, 2.24) is 5.32 Å². The molecule has 0 amide bonds. The Morgan fingerprint density at radius 3 is 2.00 bits per heavy atom. The van der Waals surface area contributed by atoms with Gasteiger partial charge in [0.15, 0.2) is 0 Å². The molecule has 1 aliphatic heterocycles. The van der Waals surface area contributed by atoms with Gasteiger partial charge < -0.3 is 12.2 Å². The van der Waals surface area contributed by atoms with E-state index in [0.717, 1.165) is 5.92 Å². The summed E-state index contributed by atoms with van der Waals surface area (Å²) in [4.78, 5) is 0. The normalized spacial score (nSPS) is 22.1. The van der Waals surface area contributed by atoms with E-state index in [4.69, 9.17) is 0 Å². The average molecular weight is 164 g/mol. The molecule has 0 atom stereocenters. The van der Waals surface area contributed by atoms with E-state index in [2.05, 4.69) is 12.2 Å². The van der Waals surface area contributed by atoms with Crippen molar-refractivity contribution in [3.05, 3.63) is 6.92 Å². The zero-order valence-corrected chi connectivity index (χ0v) is 8.29. The van der Waals surface area contributed by atoms with Crippen molar-refractivity contribution in [3.63, 3.8) is 0 Å². The largest absolute Gasteiger partial charge is 0.340 e. The molecule has 1 rings (SSSR count). The number of hydrogen-bond acceptors (Lipinski definition) is 1. The molecule has 2 heteroatoms. The first kappa shape index (κ1) is 8.58. The molecule has 0 unspecified atom stereocenters. The molecule has 0 aromatic heterocycles. The van der Waals surface area contributed by atoms with E-state index in [9.17, 15) is 0 Å². The molecule has 0 saturated carbocycles. The first-order valence-corrected chi connectivity index (χ1v) is 2.93. The van der Waals surface area contributed by atoms with Crippen LogP contribution in [0.25, 0.3) is 0 Å². The number of hydrogen-bond donors (Lipinski definition) is 1. The molecular formula is C6H12NZn-. The third-order valence-electron chi connectivity index (χ3n) is 1.46. The molecule has 0 aliphatic carbocycles. The van der Waals surface area contributed by atoms with Crippen LogP contribution in [0.2, 0.25) is 0 Å². The first-order valence-electron chi connectivity index (χ1n) is 2.93. The quantitative estimate of drug-likeness (QED) is 0.412. The Hall–Kier alpha value is 0.583. The smallest absolute Gasteiger partial charge is 0 e. The van der Waals surface area contributed by atoms with Gasteiger partial charge >= 0.3 is 0 Å². The van der Waals surface area contributed by atoms with Crippen molar-refractivity contribution >= 4 is 0 Å². The van der Waals surface area contributed by atoms with Crippen molar-refractivity contribution in [2.24, 2.45) is 5.92 Å². The van der Waals surface area contributed by atoms with Gasteiger partial charge in [0.05, 0.1) is 0 Å². The molecule has 0 radical (unpaired) electrons. The summed E-state index contributed by atoms with van der Waals surface area (Å²) in [7, 11) is 0. The zero-order chi connectivity index (χ0) is 5.11. The van der Waals surface area contributed by atoms with Crippen molar-refractivity contribution in [2.45, 2.75) is 12.8 Å². The Bertz CT molecular complexity index is 50.5. The van der Waals surface area contributed by atoms with Crippen molar-refractivity contribution in [2.75, 3.05) is 13.1 Å². The molecule has 0 spiro atoms. The van der Waals surface area contributed by atoms with Crippen molar-refractivity contribution in [1.29, 1.82) is 0 Å². The van der Waals surface area contributed by atoms with E-state index in [1.54, 1.807) is 0 Å². The maximum atomic E-state index is 3.96. The van der Waals surface area contributed by atoms with E-state index in [0.29, 0.717) is 0 Å². The van der Waals surface area contributed by atoms with Gasteiger partial charge in [-0.25, -0.2) is 0 Å². The Labute approximate surface area is 64.0 Å². The summed E-state index contributed by atoms with van der Waals surface area (Å²) in [5.74, 6) is 0.723. The number of rotatable bonds is 0. The molecule has 1 aliphatic rings. The van der Waals surface area contributed by atoms with Crippen molar-refractivity contribution < 1.29 is 19.5 Å². The molecule has 1 N–H and O–H groups in total. The summed E-state index contributed by atoms with van der Waals surface area (Å²) >= 11 is 0. The molecule has 1 fully saturated rings. The van der Waals surface area contributed by atoms with Crippen LogP contribution >= 0.6 is 0 Å². The molecule has 44 valence electrons.